The Morgan fingerprint density at radius 1 is 1.20 bits per heavy atom. The third-order valence-electron chi connectivity index (χ3n) is 1.96. The summed E-state index contributed by atoms with van der Waals surface area (Å²) in [5.74, 6) is -1.32. The molecule has 1 aromatic heterocycles. The molecule has 2 rings (SSSR count). The summed E-state index contributed by atoms with van der Waals surface area (Å²) in [6.45, 7) is 0. The van der Waals surface area contributed by atoms with Crippen molar-refractivity contribution in [3.8, 4) is 10.4 Å². The predicted octanol–water partition coefficient (Wildman–Crippen LogP) is 3.25. The number of thiophene rings is 1. The first-order valence-corrected chi connectivity index (χ1v) is 5.08. The zero-order chi connectivity index (χ0) is 10.8. The van der Waals surface area contributed by atoms with E-state index in [2.05, 4.69) is 0 Å². The zero-order valence-corrected chi connectivity index (χ0v) is 8.42. The Bertz CT molecular complexity index is 505. The van der Waals surface area contributed by atoms with E-state index in [1.54, 1.807) is 24.3 Å². The topological polar surface area (TPSA) is 37.3 Å². The van der Waals surface area contributed by atoms with Gasteiger partial charge in [0.15, 0.2) is 0 Å². The van der Waals surface area contributed by atoms with Crippen molar-refractivity contribution in [3.05, 3.63) is 47.1 Å². The zero-order valence-electron chi connectivity index (χ0n) is 7.61. The minimum absolute atomic E-state index is 0.216. The van der Waals surface area contributed by atoms with E-state index >= 15 is 0 Å². The van der Waals surface area contributed by atoms with Crippen molar-refractivity contribution >= 4 is 17.3 Å². The second kappa shape index (κ2) is 3.82. The summed E-state index contributed by atoms with van der Waals surface area (Å²) in [4.78, 5) is 11.5. The largest absolute Gasteiger partial charge is 0.477 e. The van der Waals surface area contributed by atoms with Crippen molar-refractivity contribution in [3.63, 3.8) is 0 Å². The van der Waals surface area contributed by atoms with Gasteiger partial charge < -0.3 is 5.11 Å². The molecule has 0 aliphatic rings. The number of halogens is 1. The monoisotopic (exact) mass is 222 g/mol. The number of carbonyl (C=O) groups is 1. The number of aromatic carboxylic acids is 1. The Morgan fingerprint density at radius 2 is 1.93 bits per heavy atom. The summed E-state index contributed by atoms with van der Waals surface area (Å²) in [7, 11) is 0. The van der Waals surface area contributed by atoms with Gasteiger partial charge in [-0.15, -0.1) is 11.3 Å². The highest BCUT2D eigenvalue weighted by Gasteiger charge is 2.10. The molecule has 0 saturated carbocycles. The van der Waals surface area contributed by atoms with Crippen LogP contribution in [0.4, 0.5) is 4.39 Å². The lowest BCUT2D eigenvalue weighted by molar-refractivity contribution is 0.0702. The first kappa shape index (κ1) is 9.86. The van der Waals surface area contributed by atoms with Crippen molar-refractivity contribution in [2.75, 3.05) is 0 Å². The summed E-state index contributed by atoms with van der Waals surface area (Å²) in [5, 5.41) is 8.73. The number of hydrogen-bond acceptors (Lipinski definition) is 2. The lowest BCUT2D eigenvalue weighted by Crippen LogP contribution is -1.89. The van der Waals surface area contributed by atoms with Crippen LogP contribution < -0.4 is 0 Å². The molecule has 76 valence electrons. The molecule has 1 aromatic carbocycles. The second-order valence-electron chi connectivity index (χ2n) is 2.95. The molecule has 0 aliphatic heterocycles. The summed E-state index contributed by atoms with van der Waals surface area (Å²) in [6, 6.07) is 9.41. The van der Waals surface area contributed by atoms with Crippen molar-refractivity contribution in [2.45, 2.75) is 0 Å². The quantitative estimate of drug-likeness (QED) is 0.846. The van der Waals surface area contributed by atoms with Gasteiger partial charge in [-0.3, -0.25) is 0 Å². The van der Waals surface area contributed by atoms with Gasteiger partial charge >= 0.3 is 5.97 Å². The molecule has 15 heavy (non-hydrogen) atoms. The van der Waals surface area contributed by atoms with Crippen LogP contribution in [0.3, 0.4) is 0 Å². The molecule has 0 saturated heterocycles. The number of carboxylic acid groups (broad SMARTS) is 1. The maximum Gasteiger partial charge on any atom is 0.345 e. The van der Waals surface area contributed by atoms with Crippen LogP contribution in [-0.4, -0.2) is 11.1 Å². The van der Waals surface area contributed by atoms with Crippen molar-refractivity contribution in [2.24, 2.45) is 0 Å². The summed E-state index contributed by atoms with van der Waals surface area (Å²) < 4.78 is 13.3. The molecule has 0 unspecified atom stereocenters. The van der Waals surface area contributed by atoms with E-state index in [0.717, 1.165) is 11.3 Å². The molecule has 0 spiro atoms. The van der Waals surface area contributed by atoms with Crippen LogP contribution in [0.1, 0.15) is 9.67 Å². The minimum atomic E-state index is -0.984. The smallest absolute Gasteiger partial charge is 0.345 e. The van der Waals surface area contributed by atoms with Gasteiger partial charge in [-0.1, -0.05) is 18.2 Å². The fourth-order valence-electron chi connectivity index (χ4n) is 1.26. The Kier molecular flexibility index (Phi) is 2.51. The predicted molar refractivity (Wildman–Crippen MR) is 56.7 cm³/mol. The van der Waals surface area contributed by atoms with E-state index in [9.17, 15) is 9.18 Å². The highest BCUT2D eigenvalue weighted by molar-refractivity contribution is 7.17. The standard InChI is InChI=1S/C11H7FO2S/c12-8-4-2-1-3-7(8)9-5-6-10(15-9)11(13)14/h1-6H,(H,13,14). The summed E-state index contributed by atoms with van der Waals surface area (Å²) in [6.07, 6.45) is 0. The first-order valence-electron chi connectivity index (χ1n) is 4.26. The molecule has 1 heterocycles. The summed E-state index contributed by atoms with van der Waals surface area (Å²) in [5.41, 5.74) is 0.440. The molecule has 0 atom stereocenters. The van der Waals surface area contributed by atoms with Crippen LogP contribution in [0, 0.1) is 5.82 Å². The van der Waals surface area contributed by atoms with Gasteiger partial charge in [0, 0.05) is 10.4 Å². The molecule has 0 amide bonds. The van der Waals surface area contributed by atoms with Gasteiger partial charge in [0.1, 0.15) is 10.7 Å². The first-order chi connectivity index (χ1) is 7.18. The molecular weight excluding hydrogens is 215 g/mol. The third-order valence-corrected chi connectivity index (χ3v) is 3.06. The van der Waals surface area contributed by atoms with Gasteiger partial charge in [-0.25, -0.2) is 9.18 Å². The van der Waals surface area contributed by atoms with E-state index in [-0.39, 0.29) is 10.7 Å². The van der Waals surface area contributed by atoms with Gasteiger partial charge in [-0.2, -0.15) is 0 Å². The van der Waals surface area contributed by atoms with Crippen LogP contribution >= 0.6 is 11.3 Å². The van der Waals surface area contributed by atoms with Gasteiger partial charge in [0.2, 0.25) is 0 Å². The van der Waals surface area contributed by atoms with Crippen LogP contribution in [-0.2, 0) is 0 Å². The van der Waals surface area contributed by atoms with Crippen LogP contribution in [0.25, 0.3) is 10.4 Å². The average molecular weight is 222 g/mol. The van der Waals surface area contributed by atoms with E-state index in [1.807, 2.05) is 0 Å². The SMILES string of the molecule is O=C(O)c1ccc(-c2ccccc2F)s1. The minimum Gasteiger partial charge on any atom is -0.477 e. The van der Waals surface area contributed by atoms with Crippen molar-refractivity contribution in [1.29, 1.82) is 0 Å². The highest BCUT2D eigenvalue weighted by Crippen LogP contribution is 2.29. The Hall–Kier alpha value is -1.68. The van der Waals surface area contributed by atoms with Crippen molar-refractivity contribution < 1.29 is 14.3 Å². The lowest BCUT2D eigenvalue weighted by atomic mass is 10.2. The molecular formula is C11H7FO2S. The molecule has 1 N–H and O–H groups in total. The van der Waals surface area contributed by atoms with E-state index in [0.29, 0.717) is 10.4 Å². The Labute approximate surface area is 89.6 Å². The normalized spacial score (nSPS) is 10.2. The number of carboxylic acids is 1. The second-order valence-corrected chi connectivity index (χ2v) is 4.03. The van der Waals surface area contributed by atoms with Gasteiger partial charge in [-0.05, 0) is 18.2 Å². The van der Waals surface area contributed by atoms with Crippen LogP contribution in [0.5, 0.6) is 0 Å². The maximum absolute atomic E-state index is 13.3. The molecule has 4 heteroatoms. The third kappa shape index (κ3) is 1.89. The number of rotatable bonds is 2. The molecule has 2 aromatic rings. The molecule has 0 radical (unpaired) electrons. The van der Waals surface area contributed by atoms with Crippen LogP contribution in [0.15, 0.2) is 36.4 Å². The van der Waals surface area contributed by atoms with Crippen molar-refractivity contribution in [1.82, 2.24) is 0 Å². The molecule has 2 nitrogen and oxygen atoms in total. The average Bonchev–Trinajstić information content (AvgIpc) is 2.67. The van der Waals surface area contributed by atoms with Gasteiger partial charge in [0.25, 0.3) is 0 Å². The number of benzene rings is 1. The fraction of sp³-hybridized carbons (Fsp3) is 0. The highest BCUT2D eigenvalue weighted by atomic mass is 32.1. The molecule has 0 bridgehead atoms. The fourth-order valence-corrected chi connectivity index (χ4v) is 2.13. The van der Waals surface area contributed by atoms with Crippen LogP contribution in [0.2, 0.25) is 0 Å². The van der Waals surface area contributed by atoms with E-state index < -0.39 is 5.97 Å². The van der Waals surface area contributed by atoms with E-state index in [4.69, 9.17) is 5.11 Å². The molecule has 0 fully saturated rings. The summed E-state index contributed by atoms with van der Waals surface area (Å²) >= 11 is 1.07. The lowest BCUT2D eigenvalue weighted by Gasteiger charge is -1.97. The van der Waals surface area contributed by atoms with Gasteiger partial charge in [0.05, 0.1) is 0 Å². The van der Waals surface area contributed by atoms with E-state index in [1.165, 1.54) is 12.1 Å². The maximum atomic E-state index is 13.3. The Morgan fingerprint density at radius 3 is 2.53 bits per heavy atom. The number of hydrogen-bond donors (Lipinski definition) is 1. The Balaban J connectivity index is 2.46. The molecule has 0 aliphatic carbocycles.